The van der Waals surface area contributed by atoms with Crippen LogP contribution in [-0.4, -0.2) is 43.4 Å². The summed E-state index contributed by atoms with van der Waals surface area (Å²) in [5.74, 6) is 1.47. The SMILES string of the molecule is CCNC(=NCC(O)c1cccc(OC(C)C)c1)NCCCCOCc1ccccc1. The van der Waals surface area contributed by atoms with Gasteiger partial charge in [0.25, 0.3) is 0 Å². The molecule has 31 heavy (non-hydrogen) atoms. The lowest BCUT2D eigenvalue weighted by molar-refractivity contribution is 0.117. The first-order chi connectivity index (χ1) is 15.1. The van der Waals surface area contributed by atoms with Gasteiger partial charge in [-0.25, -0.2) is 0 Å². The Kier molecular flexibility index (Phi) is 11.5. The van der Waals surface area contributed by atoms with Crippen molar-refractivity contribution in [2.75, 3.05) is 26.2 Å². The Labute approximate surface area is 186 Å². The molecule has 3 N–H and O–H groups in total. The van der Waals surface area contributed by atoms with E-state index in [9.17, 15) is 5.11 Å². The van der Waals surface area contributed by atoms with Gasteiger partial charge < -0.3 is 25.2 Å². The fraction of sp³-hybridized carbons (Fsp3) is 0.480. The molecule has 0 saturated carbocycles. The lowest BCUT2D eigenvalue weighted by Gasteiger charge is -2.15. The van der Waals surface area contributed by atoms with Gasteiger partial charge >= 0.3 is 0 Å². The Bertz CT molecular complexity index is 766. The van der Waals surface area contributed by atoms with Gasteiger partial charge in [0.15, 0.2) is 5.96 Å². The molecule has 0 saturated heterocycles. The third-order valence-corrected chi connectivity index (χ3v) is 4.50. The number of nitrogens with zero attached hydrogens (tertiary/aromatic N) is 1. The molecule has 0 fully saturated rings. The summed E-state index contributed by atoms with van der Waals surface area (Å²) in [6.07, 6.45) is 1.37. The molecule has 2 rings (SSSR count). The fourth-order valence-electron chi connectivity index (χ4n) is 2.99. The molecule has 6 nitrogen and oxygen atoms in total. The number of hydrogen-bond acceptors (Lipinski definition) is 4. The summed E-state index contributed by atoms with van der Waals surface area (Å²) in [5.41, 5.74) is 2.00. The zero-order chi connectivity index (χ0) is 22.3. The van der Waals surface area contributed by atoms with Gasteiger partial charge in [0, 0.05) is 19.7 Å². The van der Waals surface area contributed by atoms with Gasteiger partial charge in [0.1, 0.15) is 5.75 Å². The number of hydrogen-bond donors (Lipinski definition) is 3. The molecular formula is C25H37N3O3. The average Bonchev–Trinajstić information content (AvgIpc) is 2.77. The van der Waals surface area contributed by atoms with Gasteiger partial charge in [-0.1, -0.05) is 42.5 Å². The smallest absolute Gasteiger partial charge is 0.191 e. The summed E-state index contributed by atoms with van der Waals surface area (Å²) >= 11 is 0. The minimum absolute atomic E-state index is 0.0960. The molecule has 0 heterocycles. The zero-order valence-corrected chi connectivity index (χ0v) is 19.0. The Balaban J connectivity index is 1.70. The quantitative estimate of drug-likeness (QED) is 0.255. The van der Waals surface area contributed by atoms with Crippen LogP contribution in [0.3, 0.4) is 0 Å². The maximum atomic E-state index is 10.5. The van der Waals surface area contributed by atoms with Crippen molar-refractivity contribution in [3.8, 4) is 5.75 Å². The van der Waals surface area contributed by atoms with Crippen molar-refractivity contribution in [3.63, 3.8) is 0 Å². The van der Waals surface area contributed by atoms with E-state index in [1.165, 1.54) is 5.56 Å². The summed E-state index contributed by atoms with van der Waals surface area (Å²) in [4.78, 5) is 4.53. The van der Waals surface area contributed by atoms with Crippen LogP contribution in [0.15, 0.2) is 59.6 Å². The van der Waals surface area contributed by atoms with Gasteiger partial charge in [0.2, 0.25) is 0 Å². The maximum Gasteiger partial charge on any atom is 0.191 e. The molecule has 0 aliphatic carbocycles. The first-order valence-corrected chi connectivity index (χ1v) is 11.2. The molecule has 170 valence electrons. The Morgan fingerprint density at radius 3 is 2.58 bits per heavy atom. The highest BCUT2D eigenvalue weighted by Crippen LogP contribution is 2.20. The van der Waals surface area contributed by atoms with Gasteiger partial charge in [-0.2, -0.15) is 0 Å². The van der Waals surface area contributed by atoms with Crippen molar-refractivity contribution in [2.45, 2.75) is 52.4 Å². The molecule has 0 radical (unpaired) electrons. The van der Waals surface area contributed by atoms with Crippen LogP contribution in [0.1, 0.15) is 50.8 Å². The van der Waals surface area contributed by atoms with Gasteiger partial charge in [-0.05, 0) is 56.9 Å². The topological polar surface area (TPSA) is 75.1 Å². The molecule has 0 bridgehead atoms. The van der Waals surface area contributed by atoms with E-state index >= 15 is 0 Å². The first kappa shape index (κ1) is 24.7. The van der Waals surface area contributed by atoms with Crippen LogP contribution in [0, 0.1) is 0 Å². The predicted octanol–water partition coefficient (Wildman–Crippen LogP) is 4.06. The van der Waals surface area contributed by atoms with Crippen LogP contribution < -0.4 is 15.4 Å². The monoisotopic (exact) mass is 427 g/mol. The number of unbranched alkanes of at least 4 members (excludes halogenated alkanes) is 1. The summed E-state index contributed by atoms with van der Waals surface area (Å²) in [5, 5.41) is 17.1. The normalized spacial score (nSPS) is 12.6. The van der Waals surface area contributed by atoms with Crippen LogP contribution in [0.2, 0.25) is 0 Å². The standard InChI is InChI=1S/C25H37N3O3/c1-4-26-25(27-15-8-9-16-30-19-21-11-6-5-7-12-21)28-18-24(29)22-13-10-14-23(17-22)31-20(2)3/h5-7,10-14,17,20,24,29H,4,8-9,15-16,18-19H2,1-3H3,(H2,26,27,28). The maximum absolute atomic E-state index is 10.5. The largest absolute Gasteiger partial charge is 0.491 e. The number of guanidine groups is 1. The van der Waals surface area contributed by atoms with Gasteiger partial charge in [-0.3, -0.25) is 4.99 Å². The van der Waals surface area contributed by atoms with E-state index < -0.39 is 6.10 Å². The molecule has 0 aliphatic rings. The second-order valence-corrected chi connectivity index (χ2v) is 7.65. The highest BCUT2D eigenvalue weighted by molar-refractivity contribution is 5.79. The molecule has 0 amide bonds. The average molecular weight is 428 g/mol. The third kappa shape index (κ3) is 10.3. The lowest BCUT2D eigenvalue weighted by Crippen LogP contribution is -2.38. The molecule has 2 aromatic rings. The van der Waals surface area contributed by atoms with Crippen LogP contribution in [0.5, 0.6) is 5.75 Å². The zero-order valence-electron chi connectivity index (χ0n) is 19.0. The van der Waals surface area contributed by atoms with Crippen LogP contribution in [-0.2, 0) is 11.3 Å². The first-order valence-electron chi connectivity index (χ1n) is 11.2. The van der Waals surface area contributed by atoms with Crippen molar-refractivity contribution in [1.29, 1.82) is 0 Å². The summed E-state index contributed by atoms with van der Waals surface area (Å²) in [6, 6.07) is 17.8. The molecule has 1 atom stereocenters. The van der Waals surface area contributed by atoms with E-state index in [-0.39, 0.29) is 12.6 Å². The molecule has 0 aliphatic heterocycles. The highest BCUT2D eigenvalue weighted by atomic mass is 16.5. The molecule has 2 aromatic carbocycles. The van der Waals surface area contributed by atoms with E-state index in [2.05, 4.69) is 27.8 Å². The second-order valence-electron chi connectivity index (χ2n) is 7.65. The van der Waals surface area contributed by atoms with Crippen molar-refractivity contribution < 1.29 is 14.6 Å². The fourth-order valence-corrected chi connectivity index (χ4v) is 2.99. The molecule has 0 aromatic heterocycles. The number of nitrogens with one attached hydrogen (secondary N) is 2. The molecule has 6 heteroatoms. The van der Waals surface area contributed by atoms with Crippen LogP contribution in [0.25, 0.3) is 0 Å². The van der Waals surface area contributed by atoms with Crippen molar-refractivity contribution in [2.24, 2.45) is 4.99 Å². The van der Waals surface area contributed by atoms with E-state index in [1.54, 1.807) is 0 Å². The van der Waals surface area contributed by atoms with Crippen molar-refractivity contribution in [3.05, 3.63) is 65.7 Å². The number of benzene rings is 2. The Morgan fingerprint density at radius 2 is 1.84 bits per heavy atom. The van der Waals surface area contributed by atoms with Gasteiger partial charge in [0.05, 0.1) is 25.4 Å². The predicted molar refractivity (Wildman–Crippen MR) is 126 cm³/mol. The number of aliphatic imine (C=N–C) groups is 1. The van der Waals surface area contributed by atoms with Crippen molar-refractivity contribution in [1.82, 2.24) is 10.6 Å². The molecule has 0 spiro atoms. The second kappa shape index (κ2) is 14.4. The lowest BCUT2D eigenvalue weighted by atomic mass is 10.1. The summed E-state index contributed by atoms with van der Waals surface area (Å²) in [7, 11) is 0. The summed E-state index contributed by atoms with van der Waals surface area (Å²) < 4.78 is 11.4. The third-order valence-electron chi connectivity index (χ3n) is 4.50. The summed E-state index contributed by atoms with van der Waals surface area (Å²) in [6.45, 7) is 9.22. The Hall–Kier alpha value is -2.57. The van der Waals surface area contributed by atoms with E-state index in [0.29, 0.717) is 12.6 Å². The van der Waals surface area contributed by atoms with Crippen LogP contribution in [0.4, 0.5) is 0 Å². The minimum Gasteiger partial charge on any atom is -0.491 e. The van der Waals surface area contributed by atoms with E-state index in [4.69, 9.17) is 9.47 Å². The molecule has 1 unspecified atom stereocenters. The number of aliphatic hydroxyl groups excluding tert-OH is 1. The van der Waals surface area contributed by atoms with E-state index in [1.807, 2.05) is 63.2 Å². The minimum atomic E-state index is -0.683. The van der Waals surface area contributed by atoms with E-state index in [0.717, 1.165) is 43.9 Å². The Morgan fingerprint density at radius 1 is 1.03 bits per heavy atom. The number of ether oxygens (including phenoxy) is 2. The molecular weight excluding hydrogens is 390 g/mol. The van der Waals surface area contributed by atoms with Crippen LogP contribution >= 0.6 is 0 Å². The van der Waals surface area contributed by atoms with Gasteiger partial charge in [-0.15, -0.1) is 0 Å². The number of aliphatic hydroxyl groups is 1. The highest BCUT2D eigenvalue weighted by Gasteiger charge is 2.09. The number of rotatable bonds is 13. The van der Waals surface area contributed by atoms with Crippen molar-refractivity contribution >= 4 is 5.96 Å².